The van der Waals surface area contributed by atoms with Crippen molar-refractivity contribution in [2.45, 2.75) is 13.3 Å². The van der Waals surface area contributed by atoms with E-state index in [4.69, 9.17) is 5.26 Å². The molecule has 19 heavy (non-hydrogen) atoms. The number of anilines is 1. The molecule has 100 valence electrons. The van der Waals surface area contributed by atoms with Gasteiger partial charge in [-0.3, -0.25) is 0 Å². The number of hydrogen-bond acceptors (Lipinski definition) is 4. The van der Waals surface area contributed by atoms with Gasteiger partial charge < -0.3 is 10.1 Å². The van der Waals surface area contributed by atoms with Crippen molar-refractivity contribution in [2.75, 3.05) is 19.0 Å². The number of methoxy groups -OCH3 is 1. The van der Waals surface area contributed by atoms with Gasteiger partial charge in [0.05, 0.1) is 18.4 Å². The molecule has 0 aliphatic heterocycles. The van der Waals surface area contributed by atoms with E-state index in [2.05, 4.69) is 32.1 Å². The first-order chi connectivity index (χ1) is 9.12. The van der Waals surface area contributed by atoms with Gasteiger partial charge in [0, 0.05) is 16.6 Å². The van der Waals surface area contributed by atoms with Crippen molar-refractivity contribution < 1.29 is 9.53 Å². The molecule has 0 radical (unpaired) electrons. The molecule has 0 aliphatic carbocycles. The van der Waals surface area contributed by atoms with E-state index in [9.17, 15) is 4.79 Å². The highest BCUT2D eigenvalue weighted by Crippen LogP contribution is 2.20. The van der Waals surface area contributed by atoms with E-state index in [0.29, 0.717) is 24.1 Å². The van der Waals surface area contributed by atoms with Gasteiger partial charge in [0.1, 0.15) is 6.07 Å². The van der Waals surface area contributed by atoms with Crippen LogP contribution in [0.5, 0.6) is 0 Å². The summed E-state index contributed by atoms with van der Waals surface area (Å²) >= 11 is 3.32. The Bertz CT molecular complexity index is 533. The summed E-state index contributed by atoms with van der Waals surface area (Å²) in [6.07, 6.45) is 2.38. The molecule has 4 nitrogen and oxygen atoms in total. The van der Waals surface area contributed by atoms with E-state index >= 15 is 0 Å². The fourth-order valence-corrected chi connectivity index (χ4v) is 1.91. The molecule has 0 saturated heterocycles. The summed E-state index contributed by atoms with van der Waals surface area (Å²) < 4.78 is 5.53. The van der Waals surface area contributed by atoms with Gasteiger partial charge in [-0.25, -0.2) is 4.79 Å². The quantitative estimate of drug-likeness (QED) is 0.667. The fourth-order valence-electron chi connectivity index (χ4n) is 1.55. The highest BCUT2D eigenvalue weighted by Gasteiger charge is 2.06. The lowest BCUT2D eigenvalue weighted by molar-refractivity contribution is -0.136. The maximum Gasteiger partial charge on any atom is 0.333 e. The maximum absolute atomic E-state index is 11.4. The van der Waals surface area contributed by atoms with E-state index in [-0.39, 0.29) is 5.97 Å². The molecule has 5 heteroatoms. The zero-order chi connectivity index (χ0) is 14.3. The van der Waals surface area contributed by atoms with Crippen LogP contribution in [0.1, 0.15) is 18.9 Å². The summed E-state index contributed by atoms with van der Waals surface area (Å²) in [6, 6.07) is 7.54. The second-order valence-electron chi connectivity index (χ2n) is 3.76. The molecular weight excluding hydrogens is 308 g/mol. The largest absolute Gasteiger partial charge is 0.466 e. The Kier molecular flexibility index (Phi) is 6.10. The second-order valence-corrected chi connectivity index (χ2v) is 4.67. The van der Waals surface area contributed by atoms with E-state index < -0.39 is 0 Å². The van der Waals surface area contributed by atoms with Gasteiger partial charge in [-0.1, -0.05) is 28.9 Å². The van der Waals surface area contributed by atoms with Crippen LogP contribution in [0.15, 0.2) is 34.3 Å². The number of esters is 1. The Hall–Kier alpha value is -1.80. The first kappa shape index (κ1) is 15.3. The van der Waals surface area contributed by atoms with Gasteiger partial charge in [-0.05, 0) is 24.6 Å². The lowest BCUT2D eigenvalue weighted by Crippen LogP contribution is -2.07. The predicted molar refractivity (Wildman–Crippen MR) is 77.7 cm³/mol. The van der Waals surface area contributed by atoms with Crippen LogP contribution in [0.2, 0.25) is 0 Å². The topological polar surface area (TPSA) is 62.1 Å². The van der Waals surface area contributed by atoms with Crippen LogP contribution in [-0.4, -0.2) is 19.6 Å². The fraction of sp³-hybridized carbons (Fsp3) is 0.286. The standard InChI is InChI=1S/C14H15BrN2O2/c1-3-10(14(18)19-2)6-7-17-13-5-4-12(15)8-11(13)9-16/h4-6,8,17H,3,7H2,1-2H3/b10-6-. The van der Waals surface area contributed by atoms with Crippen LogP contribution >= 0.6 is 15.9 Å². The number of nitriles is 1. The highest BCUT2D eigenvalue weighted by atomic mass is 79.9. The zero-order valence-corrected chi connectivity index (χ0v) is 12.5. The van der Waals surface area contributed by atoms with Gasteiger partial charge in [0.25, 0.3) is 0 Å². The summed E-state index contributed by atoms with van der Waals surface area (Å²) in [5.74, 6) is -0.319. The lowest BCUT2D eigenvalue weighted by atomic mass is 10.1. The van der Waals surface area contributed by atoms with Crippen LogP contribution in [0.4, 0.5) is 5.69 Å². The van der Waals surface area contributed by atoms with Gasteiger partial charge in [-0.2, -0.15) is 5.26 Å². The van der Waals surface area contributed by atoms with Crippen molar-refractivity contribution in [1.82, 2.24) is 0 Å². The molecule has 1 aromatic rings. The van der Waals surface area contributed by atoms with Crippen molar-refractivity contribution >= 4 is 27.6 Å². The van der Waals surface area contributed by atoms with Crippen LogP contribution in [-0.2, 0) is 9.53 Å². The smallest absolute Gasteiger partial charge is 0.333 e. The summed E-state index contributed by atoms with van der Waals surface area (Å²) in [4.78, 5) is 11.4. The third-order valence-corrected chi connectivity index (χ3v) is 3.06. The number of ether oxygens (including phenoxy) is 1. The normalized spacial score (nSPS) is 10.7. The Morgan fingerprint density at radius 2 is 2.32 bits per heavy atom. The minimum absolute atomic E-state index is 0.319. The molecule has 0 bridgehead atoms. The number of nitrogens with one attached hydrogen (secondary N) is 1. The monoisotopic (exact) mass is 322 g/mol. The Balaban J connectivity index is 2.75. The first-order valence-electron chi connectivity index (χ1n) is 5.83. The van der Waals surface area contributed by atoms with E-state index in [1.54, 1.807) is 12.1 Å². The SMILES string of the molecule is CC/C(=C/CNc1ccc(Br)cc1C#N)C(=O)OC. The molecule has 0 atom stereocenters. The van der Waals surface area contributed by atoms with Crippen LogP contribution in [0.3, 0.4) is 0 Å². The van der Waals surface area contributed by atoms with E-state index in [1.165, 1.54) is 7.11 Å². The number of nitrogens with zero attached hydrogens (tertiary/aromatic N) is 1. The van der Waals surface area contributed by atoms with Crippen molar-refractivity contribution in [3.8, 4) is 6.07 Å². The molecule has 0 saturated carbocycles. The summed E-state index contributed by atoms with van der Waals surface area (Å²) in [6.45, 7) is 2.36. The Labute approximate surface area is 121 Å². The predicted octanol–water partition coefficient (Wildman–Crippen LogP) is 3.24. The molecule has 1 rings (SSSR count). The number of hydrogen-bond donors (Lipinski definition) is 1. The van der Waals surface area contributed by atoms with Gasteiger partial charge >= 0.3 is 5.97 Å². The average molecular weight is 323 g/mol. The van der Waals surface area contributed by atoms with Crippen molar-refractivity contribution in [3.05, 3.63) is 39.9 Å². The van der Waals surface area contributed by atoms with Gasteiger partial charge in [0.15, 0.2) is 0 Å². The van der Waals surface area contributed by atoms with Crippen molar-refractivity contribution in [2.24, 2.45) is 0 Å². The maximum atomic E-state index is 11.4. The van der Waals surface area contributed by atoms with Crippen molar-refractivity contribution in [1.29, 1.82) is 5.26 Å². The number of rotatable bonds is 5. The Morgan fingerprint density at radius 3 is 2.89 bits per heavy atom. The molecule has 0 heterocycles. The third kappa shape index (κ3) is 4.42. The summed E-state index contributed by atoms with van der Waals surface area (Å²) in [5.41, 5.74) is 1.91. The van der Waals surface area contributed by atoms with E-state index in [1.807, 2.05) is 19.1 Å². The second kappa shape index (κ2) is 7.59. The number of halogens is 1. The van der Waals surface area contributed by atoms with Gasteiger partial charge in [0.2, 0.25) is 0 Å². The summed E-state index contributed by atoms with van der Waals surface area (Å²) in [7, 11) is 1.36. The minimum Gasteiger partial charge on any atom is -0.466 e. The molecule has 1 aromatic carbocycles. The first-order valence-corrected chi connectivity index (χ1v) is 6.62. The third-order valence-electron chi connectivity index (χ3n) is 2.57. The molecule has 0 amide bonds. The Morgan fingerprint density at radius 1 is 1.58 bits per heavy atom. The summed E-state index contributed by atoms with van der Waals surface area (Å²) in [5, 5.41) is 12.1. The molecule has 0 aliphatic rings. The molecule has 0 fully saturated rings. The molecule has 0 spiro atoms. The van der Waals surface area contributed by atoms with E-state index in [0.717, 1.165) is 10.2 Å². The average Bonchev–Trinajstić information content (AvgIpc) is 2.44. The highest BCUT2D eigenvalue weighted by molar-refractivity contribution is 9.10. The van der Waals surface area contributed by atoms with Crippen LogP contribution < -0.4 is 5.32 Å². The van der Waals surface area contributed by atoms with Crippen LogP contribution in [0.25, 0.3) is 0 Å². The molecule has 0 unspecified atom stereocenters. The molecular formula is C14H15BrN2O2. The lowest BCUT2D eigenvalue weighted by Gasteiger charge is -2.07. The zero-order valence-electron chi connectivity index (χ0n) is 10.9. The number of carbonyl (C=O) groups is 1. The molecule has 1 N–H and O–H groups in total. The van der Waals surface area contributed by atoms with Crippen molar-refractivity contribution in [3.63, 3.8) is 0 Å². The van der Waals surface area contributed by atoms with Crippen LogP contribution in [0, 0.1) is 11.3 Å². The minimum atomic E-state index is -0.319. The van der Waals surface area contributed by atoms with Gasteiger partial charge in [-0.15, -0.1) is 0 Å². The number of carbonyl (C=O) groups excluding carboxylic acids is 1. The number of benzene rings is 1. The molecule has 0 aromatic heterocycles.